The molecule has 1 aliphatic carbocycles. The zero-order chi connectivity index (χ0) is 16.4. The largest absolute Gasteiger partial charge is 0.326 e. The van der Waals surface area contributed by atoms with E-state index in [9.17, 15) is 9.59 Å². The Balaban J connectivity index is 1.68. The lowest BCUT2D eigenvalue weighted by atomic mass is 10.0. The minimum absolute atomic E-state index is 0.0443. The summed E-state index contributed by atoms with van der Waals surface area (Å²) in [6, 6.07) is 3.61. The Morgan fingerprint density at radius 3 is 2.78 bits per heavy atom. The molecule has 1 saturated heterocycles. The topological polar surface area (TPSA) is 65.5 Å². The van der Waals surface area contributed by atoms with E-state index in [1.807, 2.05) is 30.9 Å². The molecular formula is C17H24N4O2. The predicted octanol–water partition coefficient (Wildman–Crippen LogP) is 2.16. The van der Waals surface area contributed by atoms with E-state index >= 15 is 0 Å². The average molecular weight is 316 g/mol. The van der Waals surface area contributed by atoms with Crippen molar-refractivity contribution in [2.24, 2.45) is 0 Å². The predicted molar refractivity (Wildman–Crippen MR) is 88.1 cm³/mol. The molecule has 0 radical (unpaired) electrons. The Bertz CT molecular complexity index is 569. The lowest BCUT2D eigenvalue weighted by Crippen LogP contribution is -2.56. The maximum absolute atomic E-state index is 12.7. The van der Waals surface area contributed by atoms with Gasteiger partial charge in [-0.1, -0.05) is 0 Å². The molecule has 0 spiro atoms. The van der Waals surface area contributed by atoms with Crippen molar-refractivity contribution in [1.29, 1.82) is 0 Å². The van der Waals surface area contributed by atoms with E-state index in [4.69, 9.17) is 0 Å². The molecule has 3 rings (SSSR count). The average Bonchev–Trinajstić information content (AvgIpc) is 3.35. The molecule has 6 nitrogen and oxygen atoms in total. The highest BCUT2D eigenvalue weighted by Crippen LogP contribution is 2.29. The van der Waals surface area contributed by atoms with Gasteiger partial charge in [0.05, 0.1) is 11.9 Å². The number of carbonyl (C=O) groups excluding carboxylic acids is 2. The minimum atomic E-state index is -0.448. The normalized spacial score (nSPS) is 21.4. The molecule has 2 fully saturated rings. The molecule has 23 heavy (non-hydrogen) atoms. The first-order valence-corrected chi connectivity index (χ1v) is 8.38. The number of anilines is 1. The summed E-state index contributed by atoms with van der Waals surface area (Å²) in [7, 11) is 0. The van der Waals surface area contributed by atoms with Crippen LogP contribution in [0.1, 0.15) is 39.5 Å². The van der Waals surface area contributed by atoms with Crippen molar-refractivity contribution < 1.29 is 9.59 Å². The summed E-state index contributed by atoms with van der Waals surface area (Å²) in [4.78, 5) is 32.9. The fraction of sp³-hybridized carbons (Fsp3) is 0.588. The third-order valence-electron chi connectivity index (χ3n) is 4.43. The van der Waals surface area contributed by atoms with E-state index in [2.05, 4.69) is 10.3 Å². The van der Waals surface area contributed by atoms with Crippen LogP contribution in [0.25, 0.3) is 0 Å². The van der Waals surface area contributed by atoms with Crippen molar-refractivity contribution in [3.05, 3.63) is 24.5 Å². The van der Waals surface area contributed by atoms with Gasteiger partial charge in [0.15, 0.2) is 0 Å². The van der Waals surface area contributed by atoms with Crippen LogP contribution in [-0.4, -0.2) is 46.5 Å². The van der Waals surface area contributed by atoms with E-state index in [0.717, 1.165) is 24.9 Å². The fourth-order valence-corrected chi connectivity index (χ4v) is 3.18. The number of hydrogen-bond acceptors (Lipinski definition) is 3. The summed E-state index contributed by atoms with van der Waals surface area (Å²) in [5, 5.41) is 2.95. The number of urea groups is 1. The van der Waals surface area contributed by atoms with E-state index in [-0.39, 0.29) is 18.0 Å². The molecule has 1 atom stereocenters. The van der Waals surface area contributed by atoms with Crippen molar-refractivity contribution in [1.82, 2.24) is 15.2 Å². The van der Waals surface area contributed by atoms with Gasteiger partial charge in [0, 0.05) is 24.8 Å². The molecule has 1 aromatic rings. The Morgan fingerprint density at radius 1 is 1.39 bits per heavy atom. The van der Waals surface area contributed by atoms with Crippen molar-refractivity contribution >= 4 is 17.6 Å². The highest BCUT2D eigenvalue weighted by Gasteiger charge is 2.37. The van der Waals surface area contributed by atoms with Crippen LogP contribution in [0.4, 0.5) is 10.5 Å². The van der Waals surface area contributed by atoms with Crippen LogP contribution in [0.3, 0.4) is 0 Å². The molecule has 1 N–H and O–H groups in total. The van der Waals surface area contributed by atoms with Gasteiger partial charge in [0.1, 0.15) is 6.04 Å². The number of pyridine rings is 1. The lowest BCUT2D eigenvalue weighted by molar-refractivity contribution is -0.121. The second kappa shape index (κ2) is 6.56. The number of carbonyl (C=O) groups is 2. The highest BCUT2D eigenvalue weighted by atomic mass is 16.2. The first-order valence-electron chi connectivity index (χ1n) is 8.38. The maximum Gasteiger partial charge on any atom is 0.318 e. The number of nitrogens with one attached hydrogen (secondary N) is 1. The van der Waals surface area contributed by atoms with E-state index in [0.29, 0.717) is 19.0 Å². The molecule has 3 amide bonds. The number of hydrogen-bond donors (Lipinski definition) is 1. The van der Waals surface area contributed by atoms with Crippen molar-refractivity contribution in [3.63, 3.8) is 0 Å². The molecule has 2 heterocycles. The van der Waals surface area contributed by atoms with Gasteiger partial charge in [0.2, 0.25) is 5.91 Å². The number of amides is 3. The number of rotatable bonds is 4. The van der Waals surface area contributed by atoms with Gasteiger partial charge in [-0.25, -0.2) is 4.79 Å². The zero-order valence-corrected chi connectivity index (χ0v) is 13.7. The monoisotopic (exact) mass is 316 g/mol. The summed E-state index contributed by atoms with van der Waals surface area (Å²) in [5.74, 6) is -0.0443. The molecule has 1 saturated carbocycles. The fourth-order valence-electron chi connectivity index (χ4n) is 3.18. The van der Waals surface area contributed by atoms with Crippen molar-refractivity contribution in [2.45, 2.75) is 57.7 Å². The Kier molecular flexibility index (Phi) is 4.50. The van der Waals surface area contributed by atoms with E-state index < -0.39 is 6.04 Å². The lowest BCUT2D eigenvalue weighted by Gasteiger charge is -2.34. The smallest absolute Gasteiger partial charge is 0.318 e. The Hall–Kier alpha value is -2.11. The van der Waals surface area contributed by atoms with Crippen LogP contribution in [0.2, 0.25) is 0 Å². The zero-order valence-electron chi connectivity index (χ0n) is 13.7. The third kappa shape index (κ3) is 3.46. The van der Waals surface area contributed by atoms with Crippen LogP contribution >= 0.6 is 0 Å². The van der Waals surface area contributed by atoms with Crippen LogP contribution in [0.15, 0.2) is 24.5 Å². The first-order chi connectivity index (χ1) is 11.1. The van der Waals surface area contributed by atoms with Crippen LogP contribution in [-0.2, 0) is 4.79 Å². The van der Waals surface area contributed by atoms with Gasteiger partial charge in [-0.2, -0.15) is 0 Å². The minimum Gasteiger partial charge on any atom is -0.326 e. The molecule has 1 unspecified atom stereocenters. The molecule has 6 heteroatoms. The second-order valence-electron chi connectivity index (χ2n) is 6.58. The molecule has 1 aromatic heterocycles. The summed E-state index contributed by atoms with van der Waals surface area (Å²) < 4.78 is 0. The van der Waals surface area contributed by atoms with Crippen LogP contribution in [0, 0.1) is 0 Å². The highest BCUT2D eigenvalue weighted by molar-refractivity contribution is 5.99. The van der Waals surface area contributed by atoms with Gasteiger partial charge in [-0.05, 0) is 51.7 Å². The van der Waals surface area contributed by atoms with Gasteiger partial charge in [-0.15, -0.1) is 0 Å². The van der Waals surface area contributed by atoms with E-state index in [1.165, 1.54) is 0 Å². The standard InChI is InChI=1S/C17H24N4O2/c1-12(2)21(13-7-8-13)17(23)19-15-6-4-10-20(16(15)22)14-5-3-9-18-11-14/h3,5,9,11-13,15H,4,6-8,10H2,1-2H3,(H,19,23). The molecule has 2 aliphatic rings. The van der Waals surface area contributed by atoms with Crippen LogP contribution < -0.4 is 10.2 Å². The number of nitrogens with zero attached hydrogens (tertiary/aromatic N) is 3. The summed E-state index contributed by atoms with van der Waals surface area (Å²) in [6.07, 6.45) is 7.06. The Morgan fingerprint density at radius 2 is 2.17 bits per heavy atom. The molecule has 0 bridgehead atoms. The first kappa shape index (κ1) is 15.8. The van der Waals surface area contributed by atoms with Crippen molar-refractivity contribution in [3.8, 4) is 0 Å². The van der Waals surface area contributed by atoms with Gasteiger partial charge in [0.25, 0.3) is 0 Å². The molecule has 1 aliphatic heterocycles. The quantitative estimate of drug-likeness (QED) is 0.925. The third-order valence-corrected chi connectivity index (χ3v) is 4.43. The van der Waals surface area contributed by atoms with Gasteiger partial charge in [-0.3, -0.25) is 9.78 Å². The van der Waals surface area contributed by atoms with Crippen molar-refractivity contribution in [2.75, 3.05) is 11.4 Å². The molecule has 0 aromatic carbocycles. The van der Waals surface area contributed by atoms with E-state index in [1.54, 1.807) is 17.3 Å². The molecular weight excluding hydrogens is 292 g/mol. The Labute approximate surface area is 136 Å². The molecule has 124 valence electrons. The summed E-state index contributed by atoms with van der Waals surface area (Å²) >= 11 is 0. The van der Waals surface area contributed by atoms with Crippen LogP contribution in [0.5, 0.6) is 0 Å². The maximum atomic E-state index is 12.7. The van der Waals surface area contributed by atoms with Gasteiger partial charge < -0.3 is 15.1 Å². The SMILES string of the molecule is CC(C)N(C(=O)NC1CCCN(c2cccnc2)C1=O)C1CC1. The number of piperidine rings is 1. The summed E-state index contributed by atoms with van der Waals surface area (Å²) in [6.45, 7) is 4.71. The second-order valence-corrected chi connectivity index (χ2v) is 6.58. The summed E-state index contributed by atoms with van der Waals surface area (Å²) in [5.41, 5.74) is 0.791. The van der Waals surface area contributed by atoms with Gasteiger partial charge >= 0.3 is 6.03 Å². The number of aromatic nitrogens is 1.